The van der Waals surface area contributed by atoms with E-state index in [2.05, 4.69) is 0 Å². The third-order valence-electron chi connectivity index (χ3n) is 3.21. The van der Waals surface area contributed by atoms with Gasteiger partial charge in [-0.25, -0.2) is 0 Å². The van der Waals surface area contributed by atoms with Crippen LogP contribution in [0.4, 0.5) is 0 Å². The molecule has 0 aromatic carbocycles. The summed E-state index contributed by atoms with van der Waals surface area (Å²) < 4.78 is 16.8. The number of epoxide rings is 1. The van der Waals surface area contributed by atoms with Crippen molar-refractivity contribution in [3.63, 3.8) is 0 Å². The molecule has 3 fully saturated rings. The van der Waals surface area contributed by atoms with E-state index in [0.717, 1.165) is 26.1 Å². The lowest BCUT2D eigenvalue weighted by Gasteiger charge is -2.25. The van der Waals surface area contributed by atoms with Crippen molar-refractivity contribution in [2.75, 3.05) is 13.2 Å². The zero-order valence-corrected chi connectivity index (χ0v) is 7.78. The predicted octanol–water partition coefficient (Wildman–Crippen LogP) is 1.11. The topological polar surface area (TPSA) is 31.0 Å². The van der Waals surface area contributed by atoms with E-state index in [4.69, 9.17) is 14.2 Å². The number of fused-ring (bicyclic) bond motifs is 1. The molecule has 2 heterocycles. The highest BCUT2D eigenvalue weighted by atomic mass is 16.6. The molecule has 0 spiro atoms. The molecule has 4 unspecified atom stereocenters. The van der Waals surface area contributed by atoms with Crippen molar-refractivity contribution in [2.24, 2.45) is 0 Å². The third-order valence-corrected chi connectivity index (χ3v) is 3.21. The van der Waals surface area contributed by atoms with Gasteiger partial charge >= 0.3 is 0 Å². The van der Waals surface area contributed by atoms with Crippen LogP contribution < -0.4 is 0 Å². The van der Waals surface area contributed by atoms with E-state index in [0.29, 0.717) is 24.4 Å². The summed E-state index contributed by atoms with van der Waals surface area (Å²) >= 11 is 0. The van der Waals surface area contributed by atoms with E-state index in [9.17, 15) is 0 Å². The summed E-state index contributed by atoms with van der Waals surface area (Å²) in [4.78, 5) is 0. The minimum Gasteiger partial charge on any atom is -0.379 e. The minimum atomic E-state index is 0.335. The van der Waals surface area contributed by atoms with Gasteiger partial charge in [0.1, 0.15) is 6.10 Å². The minimum absolute atomic E-state index is 0.335. The molecule has 0 amide bonds. The summed E-state index contributed by atoms with van der Waals surface area (Å²) in [5.74, 6) is 0. The fraction of sp³-hybridized carbons (Fsp3) is 1.00. The second-order valence-electron chi connectivity index (χ2n) is 4.23. The molecule has 4 atom stereocenters. The second-order valence-corrected chi connectivity index (χ2v) is 4.23. The lowest BCUT2D eigenvalue weighted by atomic mass is 10.1. The Morgan fingerprint density at radius 2 is 2.15 bits per heavy atom. The lowest BCUT2D eigenvalue weighted by molar-refractivity contribution is -0.0913. The Morgan fingerprint density at radius 3 is 2.77 bits per heavy atom. The molecule has 3 heteroatoms. The van der Waals surface area contributed by atoms with Gasteiger partial charge in [-0.15, -0.1) is 0 Å². The molecular weight excluding hydrogens is 168 g/mol. The molecule has 0 N–H and O–H groups in total. The van der Waals surface area contributed by atoms with E-state index < -0.39 is 0 Å². The normalized spacial score (nSPS) is 48.9. The van der Waals surface area contributed by atoms with Crippen molar-refractivity contribution in [3.8, 4) is 0 Å². The molecular formula is C10H16O3. The fourth-order valence-corrected chi connectivity index (χ4v) is 2.42. The van der Waals surface area contributed by atoms with Gasteiger partial charge in [-0.05, 0) is 25.7 Å². The first kappa shape index (κ1) is 8.21. The largest absolute Gasteiger partial charge is 0.379 e. The van der Waals surface area contributed by atoms with Gasteiger partial charge in [0.15, 0.2) is 0 Å². The van der Waals surface area contributed by atoms with Crippen molar-refractivity contribution in [1.29, 1.82) is 0 Å². The Kier molecular flexibility index (Phi) is 2.04. The van der Waals surface area contributed by atoms with Crippen molar-refractivity contribution in [1.82, 2.24) is 0 Å². The van der Waals surface area contributed by atoms with Crippen LogP contribution in [0, 0.1) is 0 Å². The molecule has 3 aliphatic rings. The standard InChI is InChI=1S/C10H16O3/c1-2-7(6-11-5-1)12-8-3-4-9-10(8)13-9/h7-10H,1-6H2. The van der Waals surface area contributed by atoms with Crippen LogP contribution >= 0.6 is 0 Å². The average molecular weight is 184 g/mol. The maximum Gasteiger partial charge on any atom is 0.110 e. The average Bonchev–Trinajstić information content (AvgIpc) is 2.86. The van der Waals surface area contributed by atoms with E-state index in [1.54, 1.807) is 0 Å². The smallest absolute Gasteiger partial charge is 0.110 e. The Hall–Kier alpha value is -0.120. The number of hydrogen-bond donors (Lipinski definition) is 0. The molecule has 74 valence electrons. The highest BCUT2D eigenvalue weighted by molar-refractivity contribution is 4.99. The lowest BCUT2D eigenvalue weighted by Crippen LogP contribution is -2.31. The van der Waals surface area contributed by atoms with Crippen molar-refractivity contribution >= 4 is 0 Å². The van der Waals surface area contributed by atoms with E-state index in [1.165, 1.54) is 12.8 Å². The monoisotopic (exact) mass is 184 g/mol. The molecule has 13 heavy (non-hydrogen) atoms. The first-order valence-electron chi connectivity index (χ1n) is 5.32. The van der Waals surface area contributed by atoms with Gasteiger partial charge in [-0.2, -0.15) is 0 Å². The van der Waals surface area contributed by atoms with Gasteiger partial charge in [0.2, 0.25) is 0 Å². The number of hydrogen-bond acceptors (Lipinski definition) is 3. The fourth-order valence-electron chi connectivity index (χ4n) is 2.42. The van der Waals surface area contributed by atoms with Crippen LogP contribution in [0.2, 0.25) is 0 Å². The van der Waals surface area contributed by atoms with Crippen molar-refractivity contribution in [2.45, 2.75) is 50.1 Å². The summed E-state index contributed by atoms with van der Waals surface area (Å²) in [6.07, 6.45) is 6.37. The number of ether oxygens (including phenoxy) is 3. The first-order chi connectivity index (χ1) is 6.43. The van der Waals surface area contributed by atoms with Crippen molar-refractivity contribution < 1.29 is 14.2 Å². The first-order valence-corrected chi connectivity index (χ1v) is 5.32. The maximum atomic E-state index is 5.96. The summed E-state index contributed by atoms with van der Waals surface area (Å²) in [7, 11) is 0. The van der Waals surface area contributed by atoms with Crippen LogP contribution in [0.1, 0.15) is 25.7 Å². The second kappa shape index (κ2) is 3.23. The van der Waals surface area contributed by atoms with Crippen LogP contribution in [-0.4, -0.2) is 37.6 Å². The van der Waals surface area contributed by atoms with Gasteiger partial charge < -0.3 is 14.2 Å². The summed E-state index contributed by atoms with van der Waals surface area (Å²) in [6.45, 7) is 1.70. The van der Waals surface area contributed by atoms with Crippen LogP contribution in [0.25, 0.3) is 0 Å². The molecule has 0 aromatic heterocycles. The Balaban J connectivity index is 1.50. The summed E-state index contributed by atoms with van der Waals surface area (Å²) in [6, 6.07) is 0. The number of rotatable bonds is 2. The van der Waals surface area contributed by atoms with Crippen molar-refractivity contribution in [3.05, 3.63) is 0 Å². The Morgan fingerprint density at radius 1 is 1.15 bits per heavy atom. The predicted molar refractivity (Wildman–Crippen MR) is 46.6 cm³/mol. The van der Waals surface area contributed by atoms with Crippen LogP contribution in [0.15, 0.2) is 0 Å². The highest BCUT2D eigenvalue weighted by Gasteiger charge is 2.51. The van der Waals surface area contributed by atoms with Gasteiger partial charge in [-0.3, -0.25) is 0 Å². The molecule has 3 nitrogen and oxygen atoms in total. The highest BCUT2D eigenvalue weighted by Crippen LogP contribution is 2.41. The van der Waals surface area contributed by atoms with E-state index >= 15 is 0 Å². The van der Waals surface area contributed by atoms with Crippen LogP contribution in [-0.2, 0) is 14.2 Å². The molecule has 1 aliphatic carbocycles. The quantitative estimate of drug-likeness (QED) is 0.602. The molecule has 2 aliphatic heterocycles. The summed E-state index contributed by atoms with van der Waals surface area (Å²) in [5.41, 5.74) is 0. The Labute approximate surface area is 78.3 Å². The Bertz CT molecular complexity index is 189. The molecule has 1 saturated carbocycles. The zero-order valence-electron chi connectivity index (χ0n) is 7.78. The molecule has 3 rings (SSSR count). The molecule has 2 saturated heterocycles. The molecule has 0 aromatic rings. The van der Waals surface area contributed by atoms with Gasteiger partial charge in [0.25, 0.3) is 0 Å². The van der Waals surface area contributed by atoms with E-state index in [1.807, 2.05) is 0 Å². The van der Waals surface area contributed by atoms with Crippen LogP contribution in [0.5, 0.6) is 0 Å². The van der Waals surface area contributed by atoms with Gasteiger partial charge in [0.05, 0.1) is 24.9 Å². The zero-order chi connectivity index (χ0) is 8.67. The maximum absolute atomic E-state index is 5.96. The molecule has 0 bridgehead atoms. The van der Waals surface area contributed by atoms with Gasteiger partial charge in [0, 0.05) is 6.61 Å². The third kappa shape index (κ3) is 1.60. The van der Waals surface area contributed by atoms with Gasteiger partial charge in [-0.1, -0.05) is 0 Å². The molecule has 0 radical (unpaired) electrons. The van der Waals surface area contributed by atoms with Crippen LogP contribution in [0.3, 0.4) is 0 Å². The van der Waals surface area contributed by atoms with E-state index in [-0.39, 0.29) is 0 Å². The summed E-state index contributed by atoms with van der Waals surface area (Å²) in [5, 5.41) is 0. The SMILES string of the molecule is C1COCC(OC2CCC3OC23)C1.